The average molecular weight is 295 g/mol. The molecule has 1 unspecified atom stereocenters. The molecule has 1 saturated heterocycles. The molecule has 0 aromatic heterocycles. The second-order valence-corrected chi connectivity index (χ2v) is 6.07. The van der Waals surface area contributed by atoms with Gasteiger partial charge in [0.2, 0.25) is 5.91 Å². The minimum Gasteiger partial charge on any atom is -0.349 e. The molecule has 20 heavy (non-hydrogen) atoms. The number of rotatable bonds is 4. The number of carbonyl (C=O) groups excluding carboxylic acids is 1. The van der Waals surface area contributed by atoms with E-state index in [4.69, 9.17) is 11.6 Å². The van der Waals surface area contributed by atoms with Gasteiger partial charge in [0.05, 0.1) is 11.5 Å². The number of nitrogens with one attached hydrogen (secondary N) is 2. The number of benzene rings is 1. The van der Waals surface area contributed by atoms with Gasteiger partial charge in [0.25, 0.3) is 0 Å². The van der Waals surface area contributed by atoms with Crippen LogP contribution >= 0.6 is 11.6 Å². The number of hydrogen-bond donors (Lipinski definition) is 2. The van der Waals surface area contributed by atoms with Crippen LogP contribution in [0.2, 0.25) is 5.02 Å². The van der Waals surface area contributed by atoms with E-state index in [2.05, 4.69) is 17.6 Å². The highest BCUT2D eigenvalue weighted by atomic mass is 35.5. The number of piperidine rings is 1. The van der Waals surface area contributed by atoms with Gasteiger partial charge in [-0.15, -0.1) is 0 Å². The summed E-state index contributed by atoms with van der Waals surface area (Å²) in [7, 11) is 0. The van der Waals surface area contributed by atoms with Crippen molar-refractivity contribution in [3.8, 4) is 0 Å². The van der Waals surface area contributed by atoms with Crippen molar-refractivity contribution in [3.05, 3.63) is 34.9 Å². The monoisotopic (exact) mass is 294 g/mol. The van der Waals surface area contributed by atoms with Gasteiger partial charge in [-0.2, -0.15) is 0 Å². The van der Waals surface area contributed by atoms with Crippen LogP contribution in [0, 0.1) is 5.41 Å². The van der Waals surface area contributed by atoms with E-state index in [-0.39, 0.29) is 17.4 Å². The quantitative estimate of drug-likeness (QED) is 0.894. The fraction of sp³-hybridized carbons (Fsp3) is 0.562. The number of hydrogen-bond acceptors (Lipinski definition) is 2. The predicted molar refractivity (Wildman–Crippen MR) is 82.8 cm³/mol. The first-order chi connectivity index (χ1) is 9.57. The van der Waals surface area contributed by atoms with Crippen LogP contribution in [0.15, 0.2) is 24.3 Å². The van der Waals surface area contributed by atoms with E-state index >= 15 is 0 Å². The molecule has 1 aromatic rings. The predicted octanol–water partition coefficient (Wildman–Crippen LogP) is 3.30. The van der Waals surface area contributed by atoms with Gasteiger partial charge in [-0.05, 0) is 57.0 Å². The van der Waals surface area contributed by atoms with Gasteiger partial charge in [0.15, 0.2) is 0 Å². The Labute approximate surface area is 126 Å². The van der Waals surface area contributed by atoms with E-state index in [1.807, 2.05) is 31.2 Å². The standard InChI is InChI=1S/C16H23ClN2O/c1-3-16(8-10-18-11-9-16)15(20)19-12(2)13-4-6-14(17)7-5-13/h4-7,12,18H,3,8-11H2,1-2H3,(H,19,20). The van der Waals surface area contributed by atoms with E-state index < -0.39 is 0 Å². The summed E-state index contributed by atoms with van der Waals surface area (Å²) in [6.07, 6.45) is 2.74. The van der Waals surface area contributed by atoms with Crippen LogP contribution in [-0.4, -0.2) is 19.0 Å². The summed E-state index contributed by atoms with van der Waals surface area (Å²) in [5.41, 5.74) is 0.884. The summed E-state index contributed by atoms with van der Waals surface area (Å²) < 4.78 is 0. The first-order valence-corrected chi connectivity index (χ1v) is 7.72. The van der Waals surface area contributed by atoms with Crippen LogP contribution in [0.25, 0.3) is 0 Å². The van der Waals surface area contributed by atoms with Crippen molar-refractivity contribution < 1.29 is 4.79 Å². The van der Waals surface area contributed by atoms with Gasteiger partial charge < -0.3 is 10.6 Å². The Hall–Kier alpha value is -1.06. The second-order valence-electron chi connectivity index (χ2n) is 5.63. The molecule has 2 N–H and O–H groups in total. The molecule has 0 bridgehead atoms. The molecular formula is C16H23ClN2O. The third-order valence-electron chi connectivity index (χ3n) is 4.44. The van der Waals surface area contributed by atoms with Crippen molar-refractivity contribution in [2.45, 2.75) is 39.2 Å². The summed E-state index contributed by atoms with van der Waals surface area (Å²) in [5, 5.41) is 7.21. The van der Waals surface area contributed by atoms with E-state index in [0.717, 1.165) is 42.9 Å². The van der Waals surface area contributed by atoms with Gasteiger partial charge in [0.1, 0.15) is 0 Å². The molecule has 1 amide bonds. The van der Waals surface area contributed by atoms with Crippen LogP contribution < -0.4 is 10.6 Å². The van der Waals surface area contributed by atoms with E-state index in [1.54, 1.807) is 0 Å². The number of amides is 1. The van der Waals surface area contributed by atoms with E-state index in [0.29, 0.717) is 0 Å². The lowest BCUT2D eigenvalue weighted by Gasteiger charge is -2.36. The van der Waals surface area contributed by atoms with Crippen LogP contribution in [0.1, 0.15) is 44.7 Å². The maximum atomic E-state index is 12.6. The minimum absolute atomic E-state index is 0.0121. The third-order valence-corrected chi connectivity index (χ3v) is 4.69. The fourth-order valence-corrected chi connectivity index (χ4v) is 2.96. The number of halogens is 1. The van der Waals surface area contributed by atoms with Gasteiger partial charge in [-0.3, -0.25) is 4.79 Å². The maximum absolute atomic E-state index is 12.6. The summed E-state index contributed by atoms with van der Waals surface area (Å²) in [6.45, 7) is 5.98. The lowest BCUT2D eigenvalue weighted by molar-refractivity contribution is -0.133. The molecule has 2 rings (SSSR count). The zero-order valence-electron chi connectivity index (χ0n) is 12.2. The smallest absolute Gasteiger partial charge is 0.226 e. The van der Waals surface area contributed by atoms with Crippen LogP contribution in [0.5, 0.6) is 0 Å². The minimum atomic E-state index is -0.202. The summed E-state index contributed by atoms with van der Waals surface area (Å²) in [5.74, 6) is 0.184. The largest absolute Gasteiger partial charge is 0.349 e. The van der Waals surface area contributed by atoms with Crippen molar-refractivity contribution in [1.29, 1.82) is 0 Å². The Balaban J connectivity index is 2.04. The Kier molecular flexibility index (Phi) is 5.06. The van der Waals surface area contributed by atoms with Gasteiger partial charge in [0, 0.05) is 5.02 Å². The molecule has 0 spiro atoms. The summed E-state index contributed by atoms with van der Waals surface area (Å²) in [4.78, 5) is 12.6. The van der Waals surface area contributed by atoms with Crippen molar-refractivity contribution in [3.63, 3.8) is 0 Å². The van der Waals surface area contributed by atoms with E-state index in [9.17, 15) is 4.79 Å². The molecule has 1 aromatic carbocycles. The lowest BCUT2D eigenvalue weighted by Crippen LogP contribution is -2.47. The Morgan fingerprint density at radius 1 is 1.35 bits per heavy atom. The van der Waals surface area contributed by atoms with Crippen molar-refractivity contribution in [2.24, 2.45) is 5.41 Å². The van der Waals surface area contributed by atoms with Crippen LogP contribution in [0.3, 0.4) is 0 Å². The highest BCUT2D eigenvalue weighted by Gasteiger charge is 2.38. The summed E-state index contributed by atoms with van der Waals surface area (Å²) >= 11 is 5.89. The molecule has 1 fully saturated rings. The first kappa shape index (κ1) is 15.3. The average Bonchev–Trinajstić information content (AvgIpc) is 2.48. The molecule has 1 aliphatic heterocycles. The molecule has 3 nitrogen and oxygen atoms in total. The Morgan fingerprint density at radius 2 is 1.95 bits per heavy atom. The van der Waals surface area contributed by atoms with Crippen LogP contribution in [-0.2, 0) is 4.79 Å². The van der Waals surface area contributed by atoms with Gasteiger partial charge in [-0.1, -0.05) is 30.7 Å². The molecule has 1 atom stereocenters. The molecule has 4 heteroatoms. The topological polar surface area (TPSA) is 41.1 Å². The maximum Gasteiger partial charge on any atom is 0.226 e. The molecule has 0 saturated carbocycles. The van der Waals surface area contributed by atoms with Gasteiger partial charge >= 0.3 is 0 Å². The van der Waals surface area contributed by atoms with Crippen molar-refractivity contribution in [1.82, 2.24) is 10.6 Å². The second kappa shape index (κ2) is 6.59. The summed E-state index contributed by atoms with van der Waals surface area (Å²) in [6, 6.07) is 7.67. The zero-order chi connectivity index (χ0) is 14.6. The normalized spacial score (nSPS) is 19.4. The number of carbonyl (C=O) groups is 1. The molecule has 110 valence electrons. The Bertz CT molecular complexity index is 452. The lowest BCUT2D eigenvalue weighted by atomic mass is 9.75. The van der Waals surface area contributed by atoms with E-state index in [1.165, 1.54) is 0 Å². The highest BCUT2D eigenvalue weighted by molar-refractivity contribution is 6.30. The third kappa shape index (κ3) is 3.33. The molecule has 1 aliphatic rings. The molecule has 0 radical (unpaired) electrons. The van der Waals surface area contributed by atoms with Crippen molar-refractivity contribution in [2.75, 3.05) is 13.1 Å². The highest BCUT2D eigenvalue weighted by Crippen LogP contribution is 2.33. The fourth-order valence-electron chi connectivity index (χ4n) is 2.83. The SMILES string of the molecule is CCC1(C(=O)NC(C)c2ccc(Cl)cc2)CCNCC1. The zero-order valence-corrected chi connectivity index (χ0v) is 13.0. The van der Waals surface area contributed by atoms with Crippen molar-refractivity contribution >= 4 is 17.5 Å². The molecule has 0 aliphatic carbocycles. The molecular weight excluding hydrogens is 272 g/mol. The first-order valence-electron chi connectivity index (χ1n) is 7.34. The van der Waals surface area contributed by atoms with Gasteiger partial charge in [-0.25, -0.2) is 0 Å². The Morgan fingerprint density at radius 3 is 2.50 bits per heavy atom. The molecule has 1 heterocycles. The van der Waals surface area contributed by atoms with Crippen LogP contribution in [0.4, 0.5) is 0 Å².